The Kier molecular flexibility index (Phi) is 4.18. The summed E-state index contributed by atoms with van der Waals surface area (Å²) in [6.07, 6.45) is 0. The zero-order chi connectivity index (χ0) is 25.5. The number of furan rings is 1. The SMILES string of the molecule is c1ccc(-c2nc(-c3cccc4c3oc3ccccc34)nc3c2sc2cc4c(cc23)[nH]c2ccccc24)cc1. The lowest BCUT2D eigenvalue weighted by atomic mass is 10.1. The van der Waals surface area contributed by atoms with Gasteiger partial charge in [-0.15, -0.1) is 11.3 Å². The lowest BCUT2D eigenvalue weighted by molar-refractivity contribution is 0.669. The maximum absolute atomic E-state index is 6.37. The van der Waals surface area contributed by atoms with E-state index >= 15 is 0 Å². The molecule has 9 rings (SSSR count). The van der Waals surface area contributed by atoms with Crippen LogP contribution in [0.1, 0.15) is 0 Å². The van der Waals surface area contributed by atoms with Crippen molar-refractivity contribution in [3.05, 3.63) is 109 Å². The molecule has 0 radical (unpaired) electrons. The minimum atomic E-state index is 0.669. The van der Waals surface area contributed by atoms with Gasteiger partial charge in [0.25, 0.3) is 0 Å². The Morgan fingerprint density at radius 2 is 1.41 bits per heavy atom. The molecule has 5 aromatic carbocycles. The molecule has 1 N–H and O–H groups in total. The zero-order valence-electron chi connectivity index (χ0n) is 20.6. The van der Waals surface area contributed by atoms with Gasteiger partial charge in [-0.1, -0.05) is 78.9 Å². The molecular formula is C34H19N3OS. The van der Waals surface area contributed by atoms with E-state index in [1.54, 1.807) is 11.3 Å². The van der Waals surface area contributed by atoms with Crippen LogP contribution in [0.5, 0.6) is 0 Å². The fourth-order valence-corrected chi connectivity index (χ4v) is 7.00. The molecule has 4 aromatic heterocycles. The van der Waals surface area contributed by atoms with Gasteiger partial charge in [-0.05, 0) is 30.3 Å². The summed E-state index contributed by atoms with van der Waals surface area (Å²) in [6.45, 7) is 0. The van der Waals surface area contributed by atoms with Crippen molar-refractivity contribution in [2.45, 2.75) is 0 Å². The Morgan fingerprint density at radius 3 is 2.33 bits per heavy atom. The van der Waals surface area contributed by atoms with E-state index in [1.807, 2.05) is 24.3 Å². The molecule has 0 aliphatic rings. The van der Waals surface area contributed by atoms with Gasteiger partial charge in [0, 0.05) is 48.2 Å². The molecule has 0 amide bonds. The fraction of sp³-hybridized carbons (Fsp3) is 0. The third kappa shape index (κ3) is 2.99. The Labute approximate surface area is 226 Å². The molecule has 0 spiro atoms. The summed E-state index contributed by atoms with van der Waals surface area (Å²) in [5.74, 6) is 0.669. The summed E-state index contributed by atoms with van der Waals surface area (Å²) in [5, 5.41) is 5.76. The molecule has 0 bridgehead atoms. The van der Waals surface area contributed by atoms with Crippen molar-refractivity contribution in [1.82, 2.24) is 15.0 Å². The van der Waals surface area contributed by atoms with Crippen LogP contribution in [0.25, 0.3) is 86.7 Å². The van der Waals surface area contributed by atoms with Gasteiger partial charge in [0.05, 0.1) is 21.5 Å². The Balaban J connectivity index is 1.40. The second-order valence-corrected chi connectivity index (χ2v) is 10.9. The number of fused-ring (bicyclic) bond motifs is 9. The monoisotopic (exact) mass is 517 g/mol. The number of hydrogen-bond acceptors (Lipinski definition) is 4. The minimum absolute atomic E-state index is 0.669. The number of hydrogen-bond donors (Lipinski definition) is 1. The second kappa shape index (κ2) is 7.76. The average Bonchev–Trinajstić information content (AvgIpc) is 3.66. The highest BCUT2D eigenvalue weighted by atomic mass is 32.1. The molecule has 0 atom stereocenters. The van der Waals surface area contributed by atoms with Gasteiger partial charge in [0.15, 0.2) is 5.82 Å². The standard InChI is InChI=1S/C34H19N3OS/c1-2-9-19(10-3-1)30-33-31(25-17-27-24(18-29(25)39-33)20-11-4-6-15-26(20)35-27)37-34(36-30)23-14-8-13-22-21-12-5-7-16-28(21)38-32(22)23/h1-18,35H. The van der Waals surface area contributed by atoms with Crippen LogP contribution in [-0.4, -0.2) is 15.0 Å². The van der Waals surface area contributed by atoms with E-state index in [0.717, 1.165) is 65.4 Å². The number of thiophene rings is 1. The first-order chi connectivity index (χ1) is 19.3. The van der Waals surface area contributed by atoms with Crippen molar-refractivity contribution < 1.29 is 4.42 Å². The van der Waals surface area contributed by atoms with E-state index in [9.17, 15) is 0 Å². The lowest BCUT2D eigenvalue weighted by Crippen LogP contribution is -1.93. The van der Waals surface area contributed by atoms with E-state index in [1.165, 1.54) is 15.5 Å². The van der Waals surface area contributed by atoms with Gasteiger partial charge in [0.1, 0.15) is 11.2 Å². The molecule has 5 heteroatoms. The molecule has 39 heavy (non-hydrogen) atoms. The molecule has 0 saturated carbocycles. The summed E-state index contributed by atoms with van der Waals surface area (Å²) >= 11 is 1.76. The number of aromatic nitrogens is 3. The maximum Gasteiger partial charge on any atom is 0.164 e. The molecule has 4 nitrogen and oxygen atoms in total. The van der Waals surface area contributed by atoms with Gasteiger partial charge in [0.2, 0.25) is 0 Å². The van der Waals surface area contributed by atoms with Gasteiger partial charge < -0.3 is 9.40 Å². The molecule has 0 aliphatic carbocycles. The van der Waals surface area contributed by atoms with Crippen LogP contribution in [0, 0.1) is 0 Å². The van der Waals surface area contributed by atoms with E-state index < -0.39 is 0 Å². The first kappa shape index (κ1) is 21.0. The average molecular weight is 518 g/mol. The predicted octanol–water partition coefficient (Wildman–Crippen LogP) is 9.71. The Hall–Kier alpha value is -5.00. The van der Waals surface area contributed by atoms with Crippen LogP contribution in [0.3, 0.4) is 0 Å². The van der Waals surface area contributed by atoms with Gasteiger partial charge >= 0.3 is 0 Å². The van der Waals surface area contributed by atoms with E-state index in [-0.39, 0.29) is 0 Å². The van der Waals surface area contributed by atoms with E-state index in [0.29, 0.717) is 5.82 Å². The van der Waals surface area contributed by atoms with Crippen molar-refractivity contribution in [3.63, 3.8) is 0 Å². The fourth-order valence-electron chi connectivity index (χ4n) is 5.82. The van der Waals surface area contributed by atoms with Gasteiger partial charge in [-0.25, -0.2) is 9.97 Å². The van der Waals surface area contributed by atoms with E-state index in [4.69, 9.17) is 14.4 Å². The molecule has 4 heterocycles. The van der Waals surface area contributed by atoms with Crippen LogP contribution >= 0.6 is 11.3 Å². The van der Waals surface area contributed by atoms with E-state index in [2.05, 4.69) is 89.9 Å². The number of benzene rings is 5. The minimum Gasteiger partial charge on any atom is -0.455 e. The Bertz CT molecular complexity index is 2400. The van der Waals surface area contributed by atoms with Crippen LogP contribution < -0.4 is 0 Å². The van der Waals surface area contributed by atoms with Crippen molar-refractivity contribution in [3.8, 4) is 22.6 Å². The summed E-state index contributed by atoms with van der Waals surface area (Å²) in [4.78, 5) is 14.0. The third-order valence-corrected chi connectivity index (χ3v) is 8.78. The molecule has 9 aromatic rings. The van der Waals surface area contributed by atoms with Gasteiger partial charge in [-0.2, -0.15) is 0 Å². The second-order valence-electron chi connectivity index (χ2n) is 9.89. The van der Waals surface area contributed by atoms with Crippen molar-refractivity contribution >= 4 is 75.4 Å². The summed E-state index contributed by atoms with van der Waals surface area (Å²) in [6, 6.07) is 37.8. The summed E-state index contributed by atoms with van der Waals surface area (Å²) in [7, 11) is 0. The number of nitrogens with zero attached hydrogens (tertiary/aromatic N) is 2. The highest BCUT2D eigenvalue weighted by Gasteiger charge is 2.20. The van der Waals surface area contributed by atoms with Crippen LogP contribution in [0.15, 0.2) is 114 Å². The quantitative estimate of drug-likeness (QED) is 0.248. The summed E-state index contributed by atoms with van der Waals surface area (Å²) in [5.41, 5.74) is 7.82. The largest absolute Gasteiger partial charge is 0.455 e. The highest BCUT2D eigenvalue weighted by molar-refractivity contribution is 7.26. The maximum atomic E-state index is 6.37. The molecule has 182 valence electrons. The number of rotatable bonds is 2. The Morgan fingerprint density at radius 1 is 0.615 bits per heavy atom. The number of nitrogens with one attached hydrogen (secondary N) is 1. The first-order valence-electron chi connectivity index (χ1n) is 12.9. The van der Waals surface area contributed by atoms with Crippen molar-refractivity contribution in [2.75, 3.05) is 0 Å². The molecule has 0 aliphatic heterocycles. The number of aromatic amines is 1. The lowest BCUT2D eigenvalue weighted by Gasteiger charge is -2.07. The van der Waals surface area contributed by atoms with Crippen LogP contribution in [0.4, 0.5) is 0 Å². The van der Waals surface area contributed by atoms with Crippen molar-refractivity contribution in [1.29, 1.82) is 0 Å². The molecule has 0 unspecified atom stereocenters. The van der Waals surface area contributed by atoms with Gasteiger partial charge in [-0.3, -0.25) is 0 Å². The predicted molar refractivity (Wildman–Crippen MR) is 162 cm³/mol. The highest BCUT2D eigenvalue weighted by Crippen LogP contribution is 2.43. The topological polar surface area (TPSA) is 54.7 Å². The molecule has 0 fully saturated rings. The summed E-state index contributed by atoms with van der Waals surface area (Å²) < 4.78 is 8.67. The number of H-pyrrole nitrogens is 1. The van der Waals surface area contributed by atoms with Crippen LogP contribution in [-0.2, 0) is 0 Å². The first-order valence-corrected chi connectivity index (χ1v) is 13.7. The normalized spacial score (nSPS) is 12.1. The van der Waals surface area contributed by atoms with Crippen LogP contribution in [0.2, 0.25) is 0 Å². The number of para-hydroxylation sites is 3. The smallest absolute Gasteiger partial charge is 0.164 e. The zero-order valence-corrected chi connectivity index (χ0v) is 21.4. The third-order valence-electron chi connectivity index (χ3n) is 7.63. The molecular weight excluding hydrogens is 498 g/mol. The molecule has 0 saturated heterocycles. The van der Waals surface area contributed by atoms with Crippen molar-refractivity contribution in [2.24, 2.45) is 0 Å².